The average molecular weight is 198 g/mol. The van der Waals surface area contributed by atoms with Crippen molar-refractivity contribution in [3.63, 3.8) is 0 Å². The third-order valence-corrected chi connectivity index (χ3v) is 1.84. The fraction of sp³-hybridized carbons (Fsp3) is 0.750. The van der Waals surface area contributed by atoms with E-state index in [2.05, 4.69) is 26.0 Å². The van der Waals surface area contributed by atoms with Crippen LogP contribution in [0.4, 0.5) is 0 Å². The smallest absolute Gasteiger partial charge is 0.302 e. The van der Waals surface area contributed by atoms with Gasteiger partial charge in [0, 0.05) is 6.92 Å². The van der Waals surface area contributed by atoms with Crippen LogP contribution >= 0.6 is 0 Å². The van der Waals surface area contributed by atoms with Crippen LogP contribution in [0, 0.1) is 5.92 Å². The number of rotatable bonds is 7. The highest BCUT2D eigenvalue weighted by Gasteiger charge is 1.91. The highest BCUT2D eigenvalue weighted by Crippen LogP contribution is 2.03. The van der Waals surface area contributed by atoms with E-state index >= 15 is 0 Å². The van der Waals surface area contributed by atoms with Gasteiger partial charge in [-0.25, -0.2) is 0 Å². The second-order valence-electron chi connectivity index (χ2n) is 3.94. The zero-order chi connectivity index (χ0) is 10.8. The predicted octanol–water partition coefficient (Wildman–Crippen LogP) is 3.32. The van der Waals surface area contributed by atoms with Gasteiger partial charge < -0.3 is 4.74 Å². The summed E-state index contributed by atoms with van der Waals surface area (Å²) in [6.45, 7) is 6.44. The normalized spacial score (nSPS) is 11.1. The summed E-state index contributed by atoms with van der Waals surface area (Å²) in [5, 5.41) is 0. The van der Waals surface area contributed by atoms with Crippen molar-refractivity contribution in [2.24, 2.45) is 5.92 Å². The van der Waals surface area contributed by atoms with Crippen molar-refractivity contribution in [3.8, 4) is 0 Å². The number of hydrogen-bond acceptors (Lipinski definition) is 2. The van der Waals surface area contributed by atoms with E-state index in [0.29, 0.717) is 6.61 Å². The lowest BCUT2D eigenvalue weighted by atomic mass is 10.1. The molecule has 0 aromatic rings. The molecular formula is C12H22O2. The summed E-state index contributed by atoms with van der Waals surface area (Å²) in [5.74, 6) is 0.563. The van der Waals surface area contributed by atoms with Gasteiger partial charge in [-0.2, -0.15) is 0 Å². The lowest BCUT2D eigenvalue weighted by molar-refractivity contribution is -0.141. The molecule has 0 unspecified atom stereocenters. The highest BCUT2D eigenvalue weighted by atomic mass is 16.5. The Kier molecular flexibility index (Phi) is 8.30. The first-order valence-electron chi connectivity index (χ1n) is 5.41. The first kappa shape index (κ1) is 13.2. The summed E-state index contributed by atoms with van der Waals surface area (Å²) in [4.78, 5) is 10.4. The summed E-state index contributed by atoms with van der Waals surface area (Å²) in [6.07, 6.45) is 8.76. The van der Waals surface area contributed by atoms with Crippen molar-refractivity contribution < 1.29 is 9.53 Å². The maximum atomic E-state index is 10.4. The standard InChI is InChI=1S/C12H22O2/c1-11(2)9-7-5-4-6-8-10-14-12(3)13/h5,7,11H,4,6,8-10H2,1-3H3/b7-5+. The Morgan fingerprint density at radius 2 is 2.00 bits per heavy atom. The molecule has 82 valence electrons. The Morgan fingerprint density at radius 1 is 1.29 bits per heavy atom. The third kappa shape index (κ3) is 11.2. The van der Waals surface area contributed by atoms with E-state index in [9.17, 15) is 4.79 Å². The van der Waals surface area contributed by atoms with Gasteiger partial charge in [-0.15, -0.1) is 0 Å². The molecule has 0 aliphatic heterocycles. The molecule has 0 rings (SSSR count). The Hall–Kier alpha value is -0.790. The maximum absolute atomic E-state index is 10.4. The van der Waals surface area contributed by atoms with E-state index in [1.54, 1.807) is 0 Å². The van der Waals surface area contributed by atoms with Crippen molar-refractivity contribution in [3.05, 3.63) is 12.2 Å². The summed E-state index contributed by atoms with van der Waals surface area (Å²) in [7, 11) is 0. The Morgan fingerprint density at radius 3 is 2.57 bits per heavy atom. The summed E-state index contributed by atoms with van der Waals surface area (Å²) in [6, 6.07) is 0. The van der Waals surface area contributed by atoms with E-state index in [-0.39, 0.29) is 5.97 Å². The molecule has 0 atom stereocenters. The molecule has 0 saturated heterocycles. The topological polar surface area (TPSA) is 26.3 Å². The molecule has 0 aliphatic rings. The molecule has 0 aromatic carbocycles. The van der Waals surface area contributed by atoms with Crippen LogP contribution in [0.3, 0.4) is 0 Å². The van der Waals surface area contributed by atoms with Gasteiger partial charge in [0.05, 0.1) is 6.61 Å². The number of allylic oxidation sites excluding steroid dienone is 2. The highest BCUT2D eigenvalue weighted by molar-refractivity contribution is 5.65. The van der Waals surface area contributed by atoms with Crippen molar-refractivity contribution in [1.29, 1.82) is 0 Å². The van der Waals surface area contributed by atoms with Crippen LogP contribution in [-0.4, -0.2) is 12.6 Å². The minimum atomic E-state index is -0.180. The molecule has 14 heavy (non-hydrogen) atoms. The molecule has 0 saturated carbocycles. The summed E-state index contributed by atoms with van der Waals surface area (Å²) in [5.41, 5.74) is 0. The molecule has 0 fully saturated rings. The first-order valence-corrected chi connectivity index (χ1v) is 5.41. The molecule has 0 aromatic heterocycles. The zero-order valence-electron chi connectivity index (χ0n) is 9.58. The van der Waals surface area contributed by atoms with Gasteiger partial charge in [0.15, 0.2) is 0 Å². The van der Waals surface area contributed by atoms with E-state index < -0.39 is 0 Å². The van der Waals surface area contributed by atoms with E-state index in [1.807, 2.05) is 0 Å². The zero-order valence-corrected chi connectivity index (χ0v) is 9.58. The lowest BCUT2D eigenvalue weighted by Gasteiger charge is -2.00. The lowest BCUT2D eigenvalue weighted by Crippen LogP contribution is -1.99. The number of hydrogen-bond donors (Lipinski definition) is 0. The third-order valence-electron chi connectivity index (χ3n) is 1.84. The summed E-state index contributed by atoms with van der Waals surface area (Å²) >= 11 is 0. The molecule has 2 nitrogen and oxygen atoms in total. The van der Waals surface area contributed by atoms with Crippen LogP contribution in [0.25, 0.3) is 0 Å². The number of esters is 1. The van der Waals surface area contributed by atoms with Crippen molar-refractivity contribution >= 4 is 5.97 Å². The van der Waals surface area contributed by atoms with E-state index in [1.165, 1.54) is 6.92 Å². The Labute approximate surface area is 87.3 Å². The largest absolute Gasteiger partial charge is 0.466 e. The molecular weight excluding hydrogens is 176 g/mol. The molecule has 0 radical (unpaired) electrons. The molecule has 2 heteroatoms. The van der Waals surface area contributed by atoms with Crippen LogP contribution < -0.4 is 0 Å². The van der Waals surface area contributed by atoms with Gasteiger partial charge in [0.1, 0.15) is 0 Å². The summed E-state index contributed by atoms with van der Waals surface area (Å²) < 4.78 is 4.82. The second-order valence-corrected chi connectivity index (χ2v) is 3.94. The minimum absolute atomic E-state index is 0.180. The average Bonchev–Trinajstić information content (AvgIpc) is 2.08. The van der Waals surface area contributed by atoms with Gasteiger partial charge >= 0.3 is 5.97 Å². The van der Waals surface area contributed by atoms with Gasteiger partial charge in [0.25, 0.3) is 0 Å². The fourth-order valence-corrected chi connectivity index (χ4v) is 1.07. The minimum Gasteiger partial charge on any atom is -0.466 e. The van der Waals surface area contributed by atoms with Gasteiger partial charge in [-0.3, -0.25) is 4.79 Å². The van der Waals surface area contributed by atoms with Crippen molar-refractivity contribution in [2.75, 3.05) is 6.61 Å². The number of carbonyl (C=O) groups is 1. The van der Waals surface area contributed by atoms with Gasteiger partial charge in [0.2, 0.25) is 0 Å². The maximum Gasteiger partial charge on any atom is 0.302 e. The monoisotopic (exact) mass is 198 g/mol. The SMILES string of the molecule is CC(=O)OCCCC/C=C/CC(C)C. The molecule has 0 N–H and O–H groups in total. The fourth-order valence-electron chi connectivity index (χ4n) is 1.07. The Balaban J connectivity index is 3.13. The predicted molar refractivity (Wildman–Crippen MR) is 59.1 cm³/mol. The Bertz CT molecular complexity index is 171. The van der Waals surface area contributed by atoms with Crippen molar-refractivity contribution in [1.82, 2.24) is 0 Å². The van der Waals surface area contributed by atoms with Crippen molar-refractivity contribution in [2.45, 2.75) is 46.5 Å². The number of carbonyl (C=O) groups excluding carboxylic acids is 1. The van der Waals surface area contributed by atoms with Gasteiger partial charge in [-0.05, 0) is 31.6 Å². The van der Waals surface area contributed by atoms with Crippen LogP contribution in [0.15, 0.2) is 12.2 Å². The molecule has 0 aliphatic carbocycles. The second kappa shape index (κ2) is 8.79. The molecule has 0 amide bonds. The first-order chi connectivity index (χ1) is 6.63. The molecule has 0 bridgehead atoms. The van der Waals surface area contributed by atoms with Crippen LogP contribution in [0.2, 0.25) is 0 Å². The number of unbranched alkanes of at least 4 members (excludes halogenated alkanes) is 2. The van der Waals surface area contributed by atoms with Crippen LogP contribution in [0.1, 0.15) is 46.5 Å². The van der Waals surface area contributed by atoms with E-state index in [4.69, 9.17) is 4.74 Å². The van der Waals surface area contributed by atoms with Crippen LogP contribution in [-0.2, 0) is 9.53 Å². The number of ether oxygens (including phenoxy) is 1. The van der Waals surface area contributed by atoms with Crippen LogP contribution in [0.5, 0.6) is 0 Å². The molecule has 0 spiro atoms. The van der Waals surface area contributed by atoms with Gasteiger partial charge in [-0.1, -0.05) is 26.0 Å². The molecule has 0 heterocycles. The quantitative estimate of drug-likeness (QED) is 0.356. The van der Waals surface area contributed by atoms with E-state index in [0.717, 1.165) is 31.6 Å².